The van der Waals surface area contributed by atoms with E-state index in [0.29, 0.717) is 24.2 Å². The lowest BCUT2D eigenvalue weighted by Crippen LogP contribution is -2.42. The van der Waals surface area contributed by atoms with Crippen molar-refractivity contribution in [2.24, 2.45) is 10.7 Å². The molecule has 0 saturated heterocycles. The van der Waals surface area contributed by atoms with Gasteiger partial charge in [0.2, 0.25) is 0 Å². The van der Waals surface area contributed by atoms with Gasteiger partial charge in [-0.15, -0.1) is 0 Å². The number of anilines is 1. The van der Waals surface area contributed by atoms with Crippen LogP contribution in [-0.2, 0) is 9.84 Å². The minimum Gasteiger partial charge on any atom is -0.395 e. The molecule has 2 saturated carbocycles. The van der Waals surface area contributed by atoms with Crippen LogP contribution in [0.5, 0.6) is 0 Å². The minimum absolute atomic E-state index is 0.0858. The van der Waals surface area contributed by atoms with Gasteiger partial charge in [0.15, 0.2) is 9.84 Å². The van der Waals surface area contributed by atoms with Crippen LogP contribution < -0.4 is 21.7 Å². The molecule has 3 aliphatic rings. The summed E-state index contributed by atoms with van der Waals surface area (Å²) in [6.07, 6.45) is 3.45. The second-order valence-corrected chi connectivity index (χ2v) is 10.8. The van der Waals surface area contributed by atoms with Gasteiger partial charge in [-0.05, 0) is 43.4 Å². The van der Waals surface area contributed by atoms with Crippen LogP contribution in [0.2, 0.25) is 0 Å². The van der Waals surface area contributed by atoms with Gasteiger partial charge in [0.25, 0.3) is 0 Å². The summed E-state index contributed by atoms with van der Waals surface area (Å²) in [6.45, 7) is -0.511. The van der Waals surface area contributed by atoms with Gasteiger partial charge in [-0.3, -0.25) is 0 Å². The van der Waals surface area contributed by atoms with Crippen LogP contribution in [0.4, 0.5) is 10.5 Å². The highest BCUT2D eigenvalue weighted by Gasteiger charge is 2.57. The molecule has 0 radical (unpaired) electrons. The predicted octanol–water partition coefficient (Wildman–Crippen LogP) is 0.116. The van der Waals surface area contributed by atoms with Gasteiger partial charge in [0, 0.05) is 17.5 Å². The molecule has 4 rings (SSSR count). The molecule has 1 atom stereocenters. The van der Waals surface area contributed by atoms with Gasteiger partial charge >= 0.3 is 6.03 Å². The van der Waals surface area contributed by atoms with Gasteiger partial charge in [0.1, 0.15) is 16.7 Å². The molecule has 11 heteroatoms. The lowest BCUT2D eigenvalue weighted by Gasteiger charge is -2.28. The molecule has 2 aliphatic carbocycles. The number of carbonyl (C=O) groups is 1. The number of hydrogen-bond acceptors (Lipinski definition) is 8. The number of urea groups is 1. The number of amidine groups is 1. The van der Waals surface area contributed by atoms with Crippen molar-refractivity contribution < 1.29 is 23.4 Å². The molecule has 2 amide bonds. The molecule has 2 fully saturated rings. The third-order valence-electron chi connectivity index (χ3n) is 6.03. The van der Waals surface area contributed by atoms with Crippen molar-refractivity contribution in [1.82, 2.24) is 10.6 Å². The third kappa shape index (κ3) is 4.25. The quantitative estimate of drug-likeness (QED) is 0.328. The monoisotopic (exact) mass is 449 g/mol. The van der Waals surface area contributed by atoms with Crippen molar-refractivity contribution in [2.75, 3.05) is 24.3 Å². The number of aliphatic hydroxyl groups excluding tert-OH is 2. The van der Waals surface area contributed by atoms with Crippen molar-refractivity contribution in [2.45, 2.75) is 42.1 Å². The molecule has 0 aromatic heterocycles. The Morgan fingerprint density at radius 1 is 1.19 bits per heavy atom. The summed E-state index contributed by atoms with van der Waals surface area (Å²) in [5, 5.41) is 27.1. The van der Waals surface area contributed by atoms with Crippen molar-refractivity contribution >= 4 is 27.4 Å². The number of rotatable bonds is 8. The normalized spacial score (nSPS) is 23.1. The van der Waals surface area contributed by atoms with Gasteiger partial charge in [-0.2, -0.15) is 0 Å². The number of nitrogens with zero attached hydrogens (tertiary/aromatic N) is 1. The Balaban J connectivity index is 1.44. The number of benzene rings is 1. The third-order valence-corrected chi connectivity index (χ3v) is 8.57. The van der Waals surface area contributed by atoms with Gasteiger partial charge < -0.3 is 31.9 Å². The number of amides is 2. The molecule has 31 heavy (non-hydrogen) atoms. The van der Waals surface area contributed by atoms with Crippen molar-refractivity contribution in [1.29, 1.82) is 0 Å². The average molecular weight is 450 g/mol. The fraction of sp³-hybridized carbons (Fsp3) is 0.500. The van der Waals surface area contributed by atoms with E-state index in [9.17, 15) is 18.3 Å². The first-order chi connectivity index (χ1) is 14.7. The first-order valence-electron chi connectivity index (χ1n) is 10.2. The zero-order valence-corrected chi connectivity index (χ0v) is 17.8. The van der Waals surface area contributed by atoms with Crippen LogP contribution in [0.3, 0.4) is 0 Å². The highest BCUT2D eigenvalue weighted by atomic mass is 32.2. The molecule has 0 bridgehead atoms. The van der Waals surface area contributed by atoms with Gasteiger partial charge in [0.05, 0.1) is 24.5 Å². The summed E-state index contributed by atoms with van der Waals surface area (Å²) in [6, 6.07) is 6.59. The van der Waals surface area contributed by atoms with Crippen LogP contribution in [0.15, 0.2) is 41.0 Å². The number of aliphatic hydroxyl groups is 2. The maximum absolute atomic E-state index is 12.7. The van der Waals surface area contributed by atoms with Crippen LogP contribution in [-0.4, -0.2) is 59.8 Å². The van der Waals surface area contributed by atoms with E-state index in [1.807, 2.05) is 0 Å². The topological polar surface area (TPSA) is 166 Å². The lowest BCUT2D eigenvalue weighted by atomic mass is 10.1. The van der Waals surface area contributed by atoms with Crippen LogP contribution in [0.1, 0.15) is 37.4 Å². The maximum atomic E-state index is 12.7. The number of nitrogens with one attached hydrogen (secondary N) is 3. The van der Waals surface area contributed by atoms with E-state index in [4.69, 9.17) is 10.8 Å². The number of sulfone groups is 1. The number of hydrogen-bond donors (Lipinski definition) is 6. The van der Waals surface area contributed by atoms with Crippen molar-refractivity contribution in [3.05, 3.63) is 41.6 Å². The molecule has 7 N–H and O–H groups in total. The molecule has 0 spiro atoms. The molecule has 1 aromatic rings. The molecule has 168 valence electrons. The second-order valence-electron chi connectivity index (χ2n) is 8.34. The highest BCUT2D eigenvalue weighted by molar-refractivity contribution is 7.93. The van der Waals surface area contributed by atoms with E-state index < -0.39 is 32.9 Å². The van der Waals surface area contributed by atoms with Crippen LogP contribution >= 0.6 is 0 Å². The van der Waals surface area contributed by atoms with Crippen molar-refractivity contribution in [3.63, 3.8) is 0 Å². The first kappa shape index (κ1) is 21.6. The van der Waals surface area contributed by atoms with Crippen LogP contribution in [0, 0.1) is 0 Å². The van der Waals surface area contributed by atoms with E-state index >= 15 is 0 Å². The van der Waals surface area contributed by atoms with E-state index in [0.717, 1.165) is 18.4 Å². The SMILES string of the molecule is NC1=NC(c2ccc(NC(=O)NC3(CO)CC3)cc2)NC(C2(S(=O)(=O)CCO)CC2)=C1. The summed E-state index contributed by atoms with van der Waals surface area (Å²) in [5.74, 6) is -0.0715. The molecular formula is C20H27N5O5S. The van der Waals surface area contributed by atoms with Gasteiger partial charge in [-0.1, -0.05) is 12.1 Å². The largest absolute Gasteiger partial charge is 0.395 e. The maximum Gasteiger partial charge on any atom is 0.319 e. The van der Waals surface area contributed by atoms with E-state index in [1.54, 1.807) is 30.3 Å². The number of carbonyl (C=O) groups excluding carboxylic acids is 1. The molecule has 1 unspecified atom stereocenters. The first-order valence-corrected chi connectivity index (χ1v) is 11.8. The Labute approximate surface area is 180 Å². The van der Waals surface area contributed by atoms with Crippen molar-refractivity contribution in [3.8, 4) is 0 Å². The number of nitrogens with two attached hydrogens (primary N) is 1. The zero-order valence-electron chi connectivity index (χ0n) is 17.0. The van der Waals surface area contributed by atoms with Gasteiger partial charge in [-0.25, -0.2) is 18.2 Å². The summed E-state index contributed by atoms with van der Waals surface area (Å²) in [7, 11) is -3.52. The fourth-order valence-corrected chi connectivity index (χ4v) is 5.59. The molecule has 10 nitrogen and oxygen atoms in total. The second kappa shape index (κ2) is 7.81. The summed E-state index contributed by atoms with van der Waals surface area (Å²) < 4.78 is 24.3. The Kier molecular flexibility index (Phi) is 5.44. The fourth-order valence-electron chi connectivity index (χ4n) is 3.78. The highest BCUT2D eigenvalue weighted by Crippen LogP contribution is 2.50. The standard InChI is InChI=1S/C20H27N5O5S/c21-16-11-15(20(7-8-20)31(29,30)10-9-26)23-17(24-16)13-1-3-14(4-2-13)22-18(28)25-19(12-27)5-6-19/h1-4,11,17,23,26-27H,5-10,12H2,(H2,21,24)(H2,22,25,28). The Morgan fingerprint density at radius 2 is 1.87 bits per heavy atom. The molecular weight excluding hydrogens is 422 g/mol. The number of aliphatic imine (C=N–C) groups is 1. The summed E-state index contributed by atoms with van der Waals surface area (Å²) in [5.41, 5.74) is 7.30. The van der Waals surface area contributed by atoms with E-state index in [-0.39, 0.29) is 24.2 Å². The van der Waals surface area contributed by atoms with E-state index in [1.165, 1.54) is 0 Å². The predicted molar refractivity (Wildman–Crippen MR) is 116 cm³/mol. The molecule has 1 aliphatic heterocycles. The Bertz CT molecular complexity index is 1030. The molecule has 1 aromatic carbocycles. The summed E-state index contributed by atoms with van der Waals surface area (Å²) >= 11 is 0. The lowest BCUT2D eigenvalue weighted by molar-refractivity contribution is 0.217. The Hall–Kier alpha value is -2.63. The Morgan fingerprint density at radius 3 is 2.42 bits per heavy atom. The average Bonchev–Trinajstić information content (AvgIpc) is 3.63. The smallest absolute Gasteiger partial charge is 0.319 e. The summed E-state index contributed by atoms with van der Waals surface area (Å²) in [4.78, 5) is 16.5. The minimum atomic E-state index is -3.52. The molecule has 1 heterocycles. The zero-order chi connectivity index (χ0) is 22.3. The van der Waals surface area contributed by atoms with Crippen LogP contribution in [0.25, 0.3) is 0 Å². The van der Waals surface area contributed by atoms with E-state index in [2.05, 4.69) is 20.9 Å².